The van der Waals surface area contributed by atoms with Crippen molar-refractivity contribution in [1.82, 2.24) is 9.78 Å². The molecule has 0 unspecified atom stereocenters. The number of aromatic nitrogens is 2. The normalized spacial score (nSPS) is 10.8. The van der Waals surface area contributed by atoms with Crippen LogP contribution in [0.25, 0.3) is 0 Å². The molecule has 0 fully saturated rings. The van der Waals surface area contributed by atoms with Crippen LogP contribution in [0.3, 0.4) is 0 Å². The van der Waals surface area contributed by atoms with Crippen molar-refractivity contribution in [3.8, 4) is 0 Å². The molecule has 0 bridgehead atoms. The van der Waals surface area contributed by atoms with Crippen molar-refractivity contribution in [3.63, 3.8) is 0 Å². The SMILES string of the molecule is CCOC(=O)c1cnn(C[B-](F)(F)F)c1.[K+]. The maximum atomic E-state index is 12.0. The summed E-state index contributed by atoms with van der Waals surface area (Å²) >= 11 is 0. The molecule has 0 aliphatic heterocycles. The molecular formula is C7H9BF3KN2O2. The van der Waals surface area contributed by atoms with E-state index in [2.05, 4.69) is 9.84 Å². The van der Waals surface area contributed by atoms with E-state index in [1.54, 1.807) is 6.92 Å². The molecule has 0 aliphatic carbocycles. The van der Waals surface area contributed by atoms with Crippen LogP contribution >= 0.6 is 0 Å². The number of halogens is 3. The van der Waals surface area contributed by atoms with Crippen LogP contribution < -0.4 is 51.4 Å². The summed E-state index contributed by atoms with van der Waals surface area (Å²) in [5.74, 6) is -0.668. The molecule has 1 aromatic rings. The van der Waals surface area contributed by atoms with E-state index in [1.165, 1.54) is 0 Å². The Balaban J connectivity index is 0.00000225. The number of rotatable bonds is 4. The van der Waals surface area contributed by atoms with E-state index in [-0.39, 0.29) is 63.6 Å². The van der Waals surface area contributed by atoms with Crippen molar-refractivity contribution in [2.45, 2.75) is 13.4 Å². The van der Waals surface area contributed by atoms with Crippen molar-refractivity contribution < 1.29 is 73.9 Å². The Hall–Kier alpha value is 0.171. The Morgan fingerprint density at radius 3 is 2.69 bits per heavy atom. The largest absolute Gasteiger partial charge is 1.00 e. The van der Waals surface area contributed by atoms with E-state index in [1.807, 2.05) is 0 Å². The molecule has 9 heteroatoms. The fourth-order valence-corrected chi connectivity index (χ4v) is 0.995. The number of hydrogen-bond acceptors (Lipinski definition) is 3. The fraction of sp³-hybridized carbons (Fsp3) is 0.429. The zero-order chi connectivity index (χ0) is 11.5. The summed E-state index contributed by atoms with van der Waals surface area (Å²) in [6.07, 6.45) is 0.923. The zero-order valence-corrected chi connectivity index (χ0v) is 12.1. The Morgan fingerprint density at radius 2 is 2.19 bits per heavy atom. The van der Waals surface area contributed by atoms with Crippen LogP contribution in [0, 0.1) is 0 Å². The first-order valence-corrected chi connectivity index (χ1v) is 4.33. The van der Waals surface area contributed by atoms with Gasteiger partial charge in [-0.25, -0.2) is 4.79 Å². The Kier molecular flexibility index (Phi) is 6.87. The molecule has 4 nitrogen and oxygen atoms in total. The third kappa shape index (κ3) is 5.48. The predicted octanol–water partition coefficient (Wildman–Crippen LogP) is -1.55. The molecule has 0 saturated heterocycles. The summed E-state index contributed by atoms with van der Waals surface area (Å²) in [6, 6.07) is 0. The number of nitrogens with zero attached hydrogens (tertiary/aromatic N) is 2. The monoisotopic (exact) mass is 260 g/mol. The third-order valence-corrected chi connectivity index (χ3v) is 1.54. The smallest absolute Gasteiger partial charge is 0.462 e. The molecule has 0 atom stereocenters. The van der Waals surface area contributed by atoms with Gasteiger partial charge in [0, 0.05) is 12.6 Å². The molecule has 16 heavy (non-hydrogen) atoms. The van der Waals surface area contributed by atoms with Gasteiger partial charge in [0.1, 0.15) is 0 Å². The second-order valence-corrected chi connectivity index (χ2v) is 2.88. The topological polar surface area (TPSA) is 44.1 Å². The van der Waals surface area contributed by atoms with Gasteiger partial charge >= 0.3 is 64.3 Å². The van der Waals surface area contributed by atoms with E-state index in [0.717, 1.165) is 12.4 Å². The van der Waals surface area contributed by atoms with E-state index < -0.39 is 19.4 Å². The Labute approximate surface area is 133 Å². The fourth-order valence-electron chi connectivity index (χ4n) is 0.995. The van der Waals surface area contributed by atoms with Gasteiger partial charge in [-0.1, -0.05) is 0 Å². The van der Waals surface area contributed by atoms with Crippen LogP contribution in [0.5, 0.6) is 0 Å². The second-order valence-electron chi connectivity index (χ2n) is 2.88. The van der Waals surface area contributed by atoms with E-state index in [4.69, 9.17) is 0 Å². The van der Waals surface area contributed by atoms with Gasteiger partial charge in [0.15, 0.2) is 0 Å². The van der Waals surface area contributed by atoms with Gasteiger partial charge in [0.25, 0.3) is 0 Å². The zero-order valence-electron chi connectivity index (χ0n) is 8.99. The van der Waals surface area contributed by atoms with Gasteiger partial charge in [-0.05, 0) is 6.92 Å². The van der Waals surface area contributed by atoms with Crippen molar-refractivity contribution in [2.75, 3.05) is 6.61 Å². The second kappa shape index (κ2) is 6.80. The maximum Gasteiger partial charge on any atom is 1.00 e. The molecule has 0 aromatic carbocycles. The van der Waals surface area contributed by atoms with Crippen LogP contribution in [0.1, 0.15) is 17.3 Å². The third-order valence-electron chi connectivity index (χ3n) is 1.54. The van der Waals surface area contributed by atoms with Gasteiger partial charge in [-0.3, -0.25) is 4.68 Å². The number of esters is 1. The maximum absolute atomic E-state index is 12.0. The number of ether oxygens (including phenoxy) is 1. The molecule has 0 spiro atoms. The molecule has 1 heterocycles. The molecule has 0 N–H and O–H groups in total. The minimum Gasteiger partial charge on any atom is -0.462 e. The molecular weight excluding hydrogens is 251 g/mol. The average Bonchev–Trinajstić information content (AvgIpc) is 2.50. The first kappa shape index (κ1) is 16.2. The molecule has 0 radical (unpaired) electrons. The number of hydrogen-bond donors (Lipinski definition) is 0. The summed E-state index contributed by atoms with van der Waals surface area (Å²) in [5, 5.41) is 3.42. The minimum atomic E-state index is -4.95. The van der Waals surface area contributed by atoms with Crippen LogP contribution in [0.4, 0.5) is 12.9 Å². The summed E-state index contributed by atoms with van der Waals surface area (Å²) in [7, 11) is 0. The number of carbonyl (C=O) groups is 1. The molecule has 1 rings (SSSR count). The Morgan fingerprint density at radius 1 is 1.56 bits per heavy atom. The van der Waals surface area contributed by atoms with Crippen LogP contribution in [0.15, 0.2) is 12.4 Å². The van der Waals surface area contributed by atoms with Gasteiger partial charge in [0.05, 0.1) is 18.4 Å². The molecule has 0 amide bonds. The van der Waals surface area contributed by atoms with Crippen LogP contribution in [0.2, 0.25) is 0 Å². The molecule has 0 saturated carbocycles. The standard InChI is InChI=1S/C7H9BF3N2O2.K/c1-2-15-7(14)6-3-12-13(4-6)5-8(9,10)11;/h3-4H,2,5H2,1H3;/q-1;+1. The minimum absolute atomic E-state index is 0. The van der Waals surface area contributed by atoms with Crippen molar-refractivity contribution >= 4 is 12.9 Å². The van der Waals surface area contributed by atoms with Gasteiger partial charge < -0.3 is 17.7 Å². The van der Waals surface area contributed by atoms with Gasteiger partial charge in [-0.2, -0.15) is 5.10 Å². The van der Waals surface area contributed by atoms with E-state index in [0.29, 0.717) is 4.68 Å². The van der Waals surface area contributed by atoms with Crippen molar-refractivity contribution in [1.29, 1.82) is 0 Å². The van der Waals surface area contributed by atoms with E-state index >= 15 is 0 Å². The number of carbonyl (C=O) groups excluding carboxylic acids is 1. The van der Waals surface area contributed by atoms with Gasteiger partial charge in [0.2, 0.25) is 0 Å². The van der Waals surface area contributed by atoms with Crippen molar-refractivity contribution in [3.05, 3.63) is 18.0 Å². The molecule has 0 aliphatic rings. The molecule has 1 aromatic heterocycles. The predicted molar refractivity (Wildman–Crippen MR) is 47.3 cm³/mol. The van der Waals surface area contributed by atoms with E-state index in [9.17, 15) is 17.7 Å². The summed E-state index contributed by atoms with van der Waals surface area (Å²) in [5.41, 5.74) is 0.0249. The van der Waals surface area contributed by atoms with Gasteiger partial charge in [-0.15, -0.1) is 0 Å². The first-order chi connectivity index (χ1) is 6.92. The first-order valence-electron chi connectivity index (χ1n) is 4.33. The van der Waals surface area contributed by atoms with Crippen molar-refractivity contribution in [2.24, 2.45) is 0 Å². The van der Waals surface area contributed by atoms with Crippen LogP contribution in [-0.2, 0) is 11.2 Å². The quantitative estimate of drug-likeness (QED) is 0.486. The molecule has 84 valence electrons. The van der Waals surface area contributed by atoms with Crippen LogP contribution in [-0.4, -0.2) is 29.3 Å². The summed E-state index contributed by atoms with van der Waals surface area (Å²) in [6.45, 7) is -3.17. The average molecular weight is 260 g/mol. The summed E-state index contributed by atoms with van der Waals surface area (Å²) < 4.78 is 41.2. The Bertz CT molecular complexity index is 356. The summed E-state index contributed by atoms with van der Waals surface area (Å²) in [4.78, 5) is 11.1.